The van der Waals surface area contributed by atoms with Crippen LogP contribution in [0.15, 0.2) is 47.4 Å². The molecule has 0 saturated heterocycles. The molecule has 0 unspecified atom stereocenters. The zero-order chi connectivity index (χ0) is 20.9. The van der Waals surface area contributed by atoms with Crippen LogP contribution in [-0.2, 0) is 22.9 Å². The maximum atomic E-state index is 12.6. The van der Waals surface area contributed by atoms with Crippen LogP contribution in [0.1, 0.15) is 11.1 Å². The minimum Gasteiger partial charge on any atom is -0.493 e. The molecule has 10 heteroatoms. The minimum absolute atomic E-state index is 0.0787. The molecule has 0 aromatic heterocycles. The van der Waals surface area contributed by atoms with E-state index in [1.165, 1.54) is 31.4 Å². The Morgan fingerprint density at radius 3 is 2.04 bits per heavy atom. The van der Waals surface area contributed by atoms with Gasteiger partial charge in [0.1, 0.15) is 0 Å². The summed E-state index contributed by atoms with van der Waals surface area (Å²) in [6, 6.07) is 9.83. The summed E-state index contributed by atoms with van der Waals surface area (Å²) in [6.45, 7) is -2.22. The molecule has 0 bridgehead atoms. The average molecular weight is 421 g/mol. The summed E-state index contributed by atoms with van der Waals surface area (Å²) in [5, 5.41) is 0. The van der Waals surface area contributed by atoms with Gasteiger partial charge in [-0.3, -0.25) is 4.90 Å². The molecule has 0 atom stereocenters. The Morgan fingerprint density at radius 2 is 1.50 bits per heavy atom. The predicted octanol–water partition coefficient (Wildman–Crippen LogP) is 3.92. The highest BCUT2D eigenvalue weighted by Crippen LogP contribution is 2.30. The molecule has 0 radical (unpaired) electrons. The van der Waals surface area contributed by atoms with Gasteiger partial charge in [-0.05, 0) is 42.4 Å². The molecule has 28 heavy (non-hydrogen) atoms. The first-order valence-corrected chi connectivity index (χ1v) is 9.59. The lowest BCUT2D eigenvalue weighted by Crippen LogP contribution is -2.17. The normalized spacial score (nSPS) is 12.0. The van der Waals surface area contributed by atoms with Crippen molar-refractivity contribution in [3.63, 3.8) is 0 Å². The summed E-state index contributed by atoms with van der Waals surface area (Å²) in [5.74, 6) is -3.37. The molecule has 0 amide bonds. The third-order valence-corrected chi connectivity index (χ3v) is 5.23. The van der Waals surface area contributed by atoms with Crippen LogP contribution in [0, 0.1) is 0 Å². The maximum Gasteiger partial charge on any atom is 0.387 e. The van der Waals surface area contributed by atoms with Crippen LogP contribution in [0.5, 0.6) is 11.5 Å². The van der Waals surface area contributed by atoms with Gasteiger partial charge in [-0.1, -0.05) is 18.2 Å². The van der Waals surface area contributed by atoms with Crippen molar-refractivity contribution in [1.29, 1.82) is 0 Å². The molecule has 0 N–H and O–H groups in total. The molecule has 0 heterocycles. The third kappa shape index (κ3) is 5.59. The number of alkyl halides is 4. The number of nitrogens with zero attached hydrogens (tertiary/aromatic N) is 1. The highest BCUT2D eigenvalue weighted by Gasteiger charge is 2.26. The van der Waals surface area contributed by atoms with Crippen molar-refractivity contribution in [2.24, 2.45) is 0 Å². The fourth-order valence-corrected chi connectivity index (χ4v) is 3.30. The zero-order valence-electron chi connectivity index (χ0n) is 15.1. The van der Waals surface area contributed by atoms with E-state index < -0.39 is 27.1 Å². The van der Waals surface area contributed by atoms with Gasteiger partial charge in [0.05, 0.1) is 12.0 Å². The fraction of sp³-hybridized carbons (Fsp3) is 0.333. The molecule has 154 valence electrons. The molecule has 5 nitrogen and oxygen atoms in total. The van der Waals surface area contributed by atoms with E-state index in [-0.39, 0.29) is 11.5 Å². The lowest BCUT2D eigenvalue weighted by Gasteiger charge is -2.18. The molecular formula is C18H19F4NO4S. The molecule has 2 aromatic carbocycles. The number of benzene rings is 2. The number of methoxy groups -OCH3 is 1. The van der Waals surface area contributed by atoms with Crippen molar-refractivity contribution in [3.8, 4) is 11.5 Å². The largest absolute Gasteiger partial charge is 0.493 e. The average Bonchev–Trinajstić information content (AvgIpc) is 2.61. The summed E-state index contributed by atoms with van der Waals surface area (Å²) in [5.41, 5.74) is 1.39. The minimum atomic E-state index is -4.63. The predicted molar refractivity (Wildman–Crippen MR) is 94.4 cm³/mol. The molecule has 0 saturated carbocycles. The van der Waals surface area contributed by atoms with Gasteiger partial charge in [-0.2, -0.15) is 17.6 Å². The number of hydrogen-bond acceptors (Lipinski definition) is 5. The van der Waals surface area contributed by atoms with Crippen molar-refractivity contribution in [1.82, 2.24) is 4.90 Å². The summed E-state index contributed by atoms with van der Waals surface area (Å²) in [6.07, 6.45) is 0. The van der Waals surface area contributed by atoms with E-state index >= 15 is 0 Å². The first-order valence-electron chi connectivity index (χ1n) is 8.04. The van der Waals surface area contributed by atoms with E-state index in [1.807, 2.05) is 4.90 Å². The third-order valence-electron chi connectivity index (χ3n) is 3.84. The van der Waals surface area contributed by atoms with Crippen molar-refractivity contribution in [2.75, 3.05) is 14.2 Å². The second kappa shape index (κ2) is 9.24. The summed E-state index contributed by atoms with van der Waals surface area (Å²) in [7, 11) is -1.52. The van der Waals surface area contributed by atoms with E-state index in [0.29, 0.717) is 24.2 Å². The highest BCUT2D eigenvalue weighted by atomic mass is 32.2. The quantitative estimate of drug-likeness (QED) is 0.575. The van der Waals surface area contributed by atoms with Crippen molar-refractivity contribution >= 4 is 9.84 Å². The Labute approximate surface area is 160 Å². The molecule has 2 rings (SSSR count). The summed E-state index contributed by atoms with van der Waals surface area (Å²) in [4.78, 5) is 1.39. The molecule has 0 spiro atoms. The van der Waals surface area contributed by atoms with Gasteiger partial charge in [-0.25, -0.2) is 8.42 Å². The van der Waals surface area contributed by atoms with Gasteiger partial charge in [0.15, 0.2) is 11.5 Å². The Balaban J connectivity index is 2.07. The van der Waals surface area contributed by atoms with Crippen LogP contribution >= 0.6 is 0 Å². The van der Waals surface area contributed by atoms with Crippen LogP contribution < -0.4 is 9.47 Å². The number of sulfone groups is 1. The zero-order valence-corrected chi connectivity index (χ0v) is 15.9. The Hall–Kier alpha value is -2.33. The number of hydrogen-bond donors (Lipinski definition) is 0. The Kier molecular flexibility index (Phi) is 7.25. The lowest BCUT2D eigenvalue weighted by molar-refractivity contribution is -0.0512. The monoisotopic (exact) mass is 421 g/mol. The van der Waals surface area contributed by atoms with Gasteiger partial charge in [0.25, 0.3) is 0 Å². The first kappa shape index (κ1) is 22.0. The molecular weight excluding hydrogens is 402 g/mol. The van der Waals surface area contributed by atoms with Crippen molar-refractivity contribution < 1.29 is 35.5 Å². The van der Waals surface area contributed by atoms with Crippen LogP contribution in [0.2, 0.25) is 0 Å². The van der Waals surface area contributed by atoms with Gasteiger partial charge < -0.3 is 9.47 Å². The van der Waals surface area contributed by atoms with Gasteiger partial charge in [0, 0.05) is 13.1 Å². The first-order chi connectivity index (χ1) is 13.1. The molecule has 0 aliphatic carbocycles. The molecule has 0 fully saturated rings. The van der Waals surface area contributed by atoms with E-state index in [0.717, 1.165) is 12.1 Å². The summed E-state index contributed by atoms with van der Waals surface area (Å²) >= 11 is 0. The number of ether oxygens (including phenoxy) is 2. The SMILES string of the molecule is COc1ccc(CN(C)Cc2ccc(S(=O)(=O)C(F)F)cc2)cc1OC(F)F. The van der Waals surface area contributed by atoms with Gasteiger partial charge >= 0.3 is 12.4 Å². The molecule has 0 aliphatic rings. The molecule has 0 aliphatic heterocycles. The van der Waals surface area contributed by atoms with E-state index in [1.54, 1.807) is 13.1 Å². The fourth-order valence-electron chi connectivity index (χ4n) is 2.57. The Morgan fingerprint density at radius 1 is 0.929 bits per heavy atom. The molecule has 2 aromatic rings. The van der Waals surface area contributed by atoms with Crippen molar-refractivity contribution in [3.05, 3.63) is 53.6 Å². The standard InChI is InChI=1S/C18H19F4NO4S/c1-23(10-12-3-6-14(7-4-12)28(24,25)18(21)22)11-13-5-8-15(26-2)16(9-13)27-17(19)20/h3-9,17-18H,10-11H2,1-2H3. The Bertz CT molecular complexity index is 889. The van der Waals surface area contributed by atoms with Crippen LogP contribution in [0.25, 0.3) is 0 Å². The van der Waals surface area contributed by atoms with Crippen molar-refractivity contribution in [2.45, 2.75) is 30.4 Å². The van der Waals surface area contributed by atoms with Crippen LogP contribution in [-0.4, -0.2) is 39.8 Å². The lowest BCUT2D eigenvalue weighted by atomic mass is 10.1. The van der Waals surface area contributed by atoms with E-state index in [9.17, 15) is 26.0 Å². The van der Waals surface area contributed by atoms with Crippen LogP contribution in [0.4, 0.5) is 17.6 Å². The van der Waals surface area contributed by atoms with E-state index in [2.05, 4.69) is 4.74 Å². The maximum absolute atomic E-state index is 12.6. The van der Waals surface area contributed by atoms with Crippen LogP contribution in [0.3, 0.4) is 0 Å². The number of rotatable bonds is 9. The second-order valence-corrected chi connectivity index (χ2v) is 7.90. The van der Waals surface area contributed by atoms with E-state index in [4.69, 9.17) is 4.74 Å². The highest BCUT2D eigenvalue weighted by molar-refractivity contribution is 7.91. The second-order valence-electron chi connectivity index (χ2n) is 5.99. The summed E-state index contributed by atoms with van der Waals surface area (Å²) < 4.78 is 82.4. The van der Waals surface area contributed by atoms with Gasteiger partial charge in [0.2, 0.25) is 9.84 Å². The van der Waals surface area contributed by atoms with Gasteiger partial charge in [-0.15, -0.1) is 0 Å². The number of halogens is 4. The topological polar surface area (TPSA) is 55.8 Å². The smallest absolute Gasteiger partial charge is 0.387 e.